The molecule has 4 nitrogen and oxygen atoms in total. The largest absolute Gasteiger partial charge is 0.359 e. The lowest BCUT2D eigenvalue weighted by atomic mass is 10.1. The molecule has 1 saturated heterocycles. The van der Waals surface area contributed by atoms with E-state index in [1.807, 2.05) is 0 Å². The van der Waals surface area contributed by atoms with Gasteiger partial charge in [-0.25, -0.2) is 0 Å². The van der Waals surface area contributed by atoms with E-state index < -0.39 is 0 Å². The standard InChI is InChI=1S/C11H19N3O/c1-2-9-8-11(15-13-9)10-4-3-6-14(10)7-5-12/h8,10H,2-7,12H2,1H3. The van der Waals surface area contributed by atoms with E-state index in [2.05, 4.69) is 23.0 Å². The average Bonchev–Trinajstić information content (AvgIpc) is 2.85. The number of rotatable bonds is 4. The third-order valence-electron chi connectivity index (χ3n) is 3.05. The van der Waals surface area contributed by atoms with Crippen molar-refractivity contribution in [2.45, 2.75) is 32.2 Å². The minimum Gasteiger partial charge on any atom is -0.359 e. The van der Waals surface area contributed by atoms with Crippen LogP contribution in [0.2, 0.25) is 0 Å². The van der Waals surface area contributed by atoms with Gasteiger partial charge in [-0.1, -0.05) is 12.1 Å². The highest BCUT2D eigenvalue weighted by Crippen LogP contribution is 2.31. The van der Waals surface area contributed by atoms with Crippen LogP contribution < -0.4 is 5.73 Å². The molecular formula is C11H19N3O. The predicted octanol–water partition coefficient (Wildman–Crippen LogP) is 1.33. The van der Waals surface area contributed by atoms with Gasteiger partial charge in [-0.3, -0.25) is 4.90 Å². The van der Waals surface area contributed by atoms with Crippen molar-refractivity contribution in [2.75, 3.05) is 19.6 Å². The summed E-state index contributed by atoms with van der Waals surface area (Å²) >= 11 is 0. The SMILES string of the molecule is CCc1cc(C2CCCN2CCN)on1. The Balaban J connectivity index is 2.08. The number of hydrogen-bond donors (Lipinski definition) is 1. The number of hydrogen-bond acceptors (Lipinski definition) is 4. The van der Waals surface area contributed by atoms with Crippen LogP contribution in [0.3, 0.4) is 0 Å². The van der Waals surface area contributed by atoms with Gasteiger partial charge in [-0.15, -0.1) is 0 Å². The summed E-state index contributed by atoms with van der Waals surface area (Å²) in [6.45, 7) is 4.88. The van der Waals surface area contributed by atoms with Gasteiger partial charge in [-0.2, -0.15) is 0 Å². The molecule has 0 spiro atoms. The zero-order valence-corrected chi connectivity index (χ0v) is 9.28. The first-order valence-electron chi connectivity index (χ1n) is 5.74. The molecule has 15 heavy (non-hydrogen) atoms. The quantitative estimate of drug-likeness (QED) is 0.813. The summed E-state index contributed by atoms with van der Waals surface area (Å²) in [7, 11) is 0. The highest BCUT2D eigenvalue weighted by molar-refractivity contribution is 5.10. The summed E-state index contributed by atoms with van der Waals surface area (Å²) in [6, 6.07) is 2.49. The van der Waals surface area contributed by atoms with Gasteiger partial charge in [0.15, 0.2) is 5.76 Å². The molecule has 0 bridgehead atoms. The maximum atomic E-state index is 5.59. The highest BCUT2D eigenvalue weighted by atomic mass is 16.5. The molecule has 2 heterocycles. The molecule has 0 amide bonds. The zero-order chi connectivity index (χ0) is 10.7. The molecule has 1 aliphatic rings. The lowest BCUT2D eigenvalue weighted by Crippen LogP contribution is -2.28. The molecule has 84 valence electrons. The van der Waals surface area contributed by atoms with E-state index in [1.54, 1.807) is 0 Å². The summed E-state index contributed by atoms with van der Waals surface area (Å²) in [5, 5.41) is 4.04. The first-order valence-corrected chi connectivity index (χ1v) is 5.74. The Morgan fingerprint density at radius 3 is 3.20 bits per heavy atom. The minimum atomic E-state index is 0.404. The zero-order valence-electron chi connectivity index (χ0n) is 9.28. The van der Waals surface area contributed by atoms with Crippen LogP contribution in [0, 0.1) is 0 Å². The maximum Gasteiger partial charge on any atom is 0.154 e. The number of aromatic nitrogens is 1. The molecule has 0 aliphatic carbocycles. The molecule has 0 radical (unpaired) electrons. The average molecular weight is 209 g/mol. The second-order valence-electron chi connectivity index (χ2n) is 4.06. The van der Waals surface area contributed by atoms with Crippen molar-refractivity contribution in [3.63, 3.8) is 0 Å². The van der Waals surface area contributed by atoms with Crippen LogP contribution in [0.5, 0.6) is 0 Å². The van der Waals surface area contributed by atoms with Gasteiger partial charge in [0.05, 0.1) is 11.7 Å². The summed E-state index contributed by atoms with van der Waals surface area (Å²) < 4.78 is 5.38. The second kappa shape index (κ2) is 4.77. The van der Waals surface area contributed by atoms with Crippen LogP contribution in [-0.2, 0) is 6.42 Å². The molecule has 2 rings (SSSR count). The smallest absolute Gasteiger partial charge is 0.154 e. The fourth-order valence-electron chi connectivity index (χ4n) is 2.23. The van der Waals surface area contributed by atoms with Gasteiger partial charge in [0.2, 0.25) is 0 Å². The first kappa shape index (κ1) is 10.6. The van der Waals surface area contributed by atoms with Crippen molar-refractivity contribution in [2.24, 2.45) is 5.73 Å². The van der Waals surface area contributed by atoms with Crippen molar-refractivity contribution in [3.8, 4) is 0 Å². The minimum absolute atomic E-state index is 0.404. The Morgan fingerprint density at radius 1 is 1.67 bits per heavy atom. The molecule has 1 aromatic heterocycles. The maximum absolute atomic E-state index is 5.59. The number of nitrogens with zero attached hydrogens (tertiary/aromatic N) is 2. The molecule has 1 aromatic rings. The molecule has 1 fully saturated rings. The monoisotopic (exact) mass is 209 g/mol. The van der Waals surface area contributed by atoms with E-state index in [4.69, 9.17) is 10.3 Å². The molecule has 1 unspecified atom stereocenters. The van der Waals surface area contributed by atoms with Gasteiger partial charge in [-0.05, 0) is 25.8 Å². The van der Waals surface area contributed by atoms with Crippen LogP contribution in [0.4, 0.5) is 0 Å². The highest BCUT2D eigenvalue weighted by Gasteiger charge is 2.28. The van der Waals surface area contributed by atoms with Crippen molar-refractivity contribution in [1.82, 2.24) is 10.1 Å². The Bertz CT molecular complexity index is 311. The molecule has 2 N–H and O–H groups in total. The second-order valence-corrected chi connectivity index (χ2v) is 4.06. The summed E-state index contributed by atoms with van der Waals surface area (Å²) in [6.07, 6.45) is 3.33. The normalized spacial score (nSPS) is 22.4. The fourth-order valence-corrected chi connectivity index (χ4v) is 2.23. The van der Waals surface area contributed by atoms with E-state index in [0.717, 1.165) is 31.0 Å². The van der Waals surface area contributed by atoms with Crippen molar-refractivity contribution >= 4 is 0 Å². The Labute approximate surface area is 90.4 Å². The Kier molecular flexibility index (Phi) is 3.38. The lowest BCUT2D eigenvalue weighted by Gasteiger charge is -2.20. The van der Waals surface area contributed by atoms with Crippen molar-refractivity contribution in [1.29, 1.82) is 0 Å². The van der Waals surface area contributed by atoms with E-state index in [1.165, 1.54) is 12.8 Å². The van der Waals surface area contributed by atoms with Gasteiger partial charge >= 0.3 is 0 Å². The third-order valence-corrected chi connectivity index (χ3v) is 3.05. The Morgan fingerprint density at radius 2 is 2.53 bits per heavy atom. The number of likely N-dealkylation sites (tertiary alicyclic amines) is 1. The predicted molar refractivity (Wildman–Crippen MR) is 58.5 cm³/mol. The van der Waals surface area contributed by atoms with Crippen LogP contribution in [0.1, 0.15) is 37.3 Å². The van der Waals surface area contributed by atoms with Crippen molar-refractivity contribution < 1.29 is 4.52 Å². The van der Waals surface area contributed by atoms with E-state index in [9.17, 15) is 0 Å². The fraction of sp³-hybridized carbons (Fsp3) is 0.727. The van der Waals surface area contributed by atoms with Gasteiger partial charge in [0, 0.05) is 19.2 Å². The molecule has 0 aromatic carbocycles. The van der Waals surface area contributed by atoms with Crippen LogP contribution >= 0.6 is 0 Å². The van der Waals surface area contributed by atoms with Crippen LogP contribution in [0.25, 0.3) is 0 Å². The van der Waals surface area contributed by atoms with E-state index >= 15 is 0 Å². The van der Waals surface area contributed by atoms with Gasteiger partial charge in [0.25, 0.3) is 0 Å². The molecule has 0 saturated carbocycles. The van der Waals surface area contributed by atoms with Crippen LogP contribution in [0.15, 0.2) is 10.6 Å². The van der Waals surface area contributed by atoms with E-state index in [0.29, 0.717) is 12.6 Å². The van der Waals surface area contributed by atoms with Gasteiger partial charge < -0.3 is 10.3 Å². The topological polar surface area (TPSA) is 55.3 Å². The third kappa shape index (κ3) is 2.21. The number of nitrogens with two attached hydrogens (primary N) is 1. The number of aryl methyl sites for hydroxylation is 1. The van der Waals surface area contributed by atoms with Gasteiger partial charge in [0.1, 0.15) is 0 Å². The summed E-state index contributed by atoms with van der Waals surface area (Å²) in [5.74, 6) is 1.01. The van der Waals surface area contributed by atoms with Crippen LogP contribution in [-0.4, -0.2) is 29.7 Å². The molecule has 4 heteroatoms. The summed E-state index contributed by atoms with van der Waals surface area (Å²) in [4.78, 5) is 2.39. The van der Waals surface area contributed by atoms with E-state index in [-0.39, 0.29) is 0 Å². The molecule has 1 aliphatic heterocycles. The molecule has 1 atom stereocenters. The Hall–Kier alpha value is -0.870. The molecular weight excluding hydrogens is 190 g/mol. The summed E-state index contributed by atoms with van der Waals surface area (Å²) in [5.41, 5.74) is 6.64. The lowest BCUT2D eigenvalue weighted by molar-refractivity contribution is 0.218. The van der Waals surface area contributed by atoms with Crippen molar-refractivity contribution in [3.05, 3.63) is 17.5 Å². The first-order chi connectivity index (χ1) is 7.35.